The minimum Gasteiger partial charge on any atom is -0.355 e. The van der Waals surface area contributed by atoms with Gasteiger partial charge in [0.15, 0.2) is 0 Å². The van der Waals surface area contributed by atoms with Gasteiger partial charge in [-0.25, -0.2) is 0 Å². The van der Waals surface area contributed by atoms with Gasteiger partial charge in [0.1, 0.15) is 0 Å². The van der Waals surface area contributed by atoms with Crippen LogP contribution in [0.4, 0.5) is 0 Å². The van der Waals surface area contributed by atoms with E-state index in [1.807, 2.05) is 0 Å². The molecule has 0 aromatic rings. The third-order valence-corrected chi connectivity index (χ3v) is 5.72. The minimum atomic E-state index is 0.217. The second-order valence-electron chi connectivity index (χ2n) is 5.99. The summed E-state index contributed by atoms with van der Waals surface area (Å²) in [4.78, 5) is 12.2. The molecule has 4 heteroatoms. The van der Waals surface area contributed by atoms with Gasteiger partial charge in [-0.3, -0.25) is 4.79 Å². The van der Waals surface area contributed by atoms with E-state index in [4.69, 9.17) is 5.73 Å². The molecule has 2 aliphatic carbocycles. The van der Waals surface area contributed by atoms with Crippen LogP contribution in [0.25, 0.3) is 0 Å². The second-order valence-corrected chi connectivity index (χ2v) is 7.26. The summed E-state index contributed by atoms with van der Waals surface area (Å²) < 4.78 is 0. The quantitative estimate of drug-likeness (QED) is 0.821. The minimum absolute atomic E-state index is 0.217. The molecule has 1 amide bonds. The van der Waals surface area contributed by atoms with Gasteiger partial charge in [0.25, 0.3) is 0 Å². The van der Waals surface area contributed by atoms with Crippen molar-refractivity contribution in [1.82, 2.24) is 5.32 Å². The van der Waals surface area contributed by atoms with Gasteiger partial charge in [0.2, 0.25) is 5.91 Å². The zero-order valence-corrected chi connectivity index (χ0v) is 12.3. The van der Waals surface area contributed by atoms with Crippen LogP contribution < -0.4 is 11.1 Å². The highest BCUT2D eigenvalue weighted by Gasteiger charge is 2.40. The first kappa shape index (κ1) is 14.2. The largest absolute Gasteiger partial charge is 0.355 e. The molecule has 3 N–H and O–H groups in total. The molecule has 2 aliphatic rings. The van der Waals surface area contributed by atoms with Crippen LogP contribution in [0.1, 0.15) is 39.0 Å². The van der Waals surface area contributed by atoms with Crippen molar-refractivity contribution < 1.29 is 4.79 Å². The predicted molar refractivity (Wildman–Crippen MR) is 77.5 cm³/mol. The van der Waals surface area contributed by atoms with Crippen LogP contribution in [0.2, 0.25) is 0 Å². The highest BCUT2D eigenvalue weighted by Crippen LogP contribution is 2.41. The average molecular weight is 270 g/mol. The number of hydrogen-bond acceptors (Lipinski definition) is 3. The topological polar surface area (TPSA) is 55.1 Å². The zero-order chi connectivity index (χ0) is 13.1. The Bertz CT molecular complexity index is 284. The number of carbonyl (C=O) groups excluding carboxylic acids is 1. The van der Waals surface area contributed by atoms with E-state index in [0.29, 0.717) is 23.1 Å². The fraction of sp³-hybridized carbons (Fsp3) is 0.929. The molecule has 18 heavy (non-hydrogen) atoms. The van der Waals surface area contributed by atoms with Crippen molar-refractivity contribution in [3.63, 3.8) is 0 Å². The Morgan fingerprint density at radius 3 is 2.56 bits per heavy atom. The third-order valence-electron chi connectivity index (χ3n) is 4.75. The first-order valence-electron chi connectivity index (χ1n) is 7.18. The molecule has 2 bridgehead atoms. The van der Waals surface area contributed by atoms with Crippen LogP contribution in [0.5, 0.6) is 0 Å². The fourth-order valence-electron chi connectivity index (χ4n) is 3.48. The smallest absolute Gasteiger partial charge is 0.223 e. The molecule has 0 aromatic carbocycles. The van der Waals surface area contributed by atoms with Crippen molar-refractivity contribution in [2.24, 2.45) is 23.5 Å². The monoisotopic (exact) mass is 270 g/mol. The average Bonchev–Trinajstić information content (AvgIpc) is 2.35. The van der Waals surface area contributed by atoms with Crippen molar-refractivity contribution in [3.05, 3.63) is 0 Å². The molecule has 0 heterocycles. The van der Waals surface area contributed by atoms with E-state index in [1.54, 1.807) is 11.8 Å². The number of thioether (sulfide) groups is 1. The third kappa shape index (κ3) is 3.21. The Labute approximate surface area is 115 Å². The molecule has 2 rings (SSSR count). The highest BCUT2D eigenvalue weighted by molar-refractivity contribution is 7.99. The Hall–Kier alpha value is -0.220. The van der Waals surface area contributed by atoms with E-state index in [1.165, 1.54) is 19.3 Å². The molecular formula is C14H26N2OS. The number of amides is 1. The molecule has 3 atom stereocenters. The Morgan fingerprint density at radius 1 is 1.39 bits per heavy atom. The fourth-order valence-corrected chi connectivity index (χ4v) is 3.73. The van der Waals surface area contributed by atoms with E-state index in [9.17, 15) is 4.79 Å². The number of nitrogens with one attached hydrogen (secondary N) is 1. The van der Waals surface area contributed by atoms with E-state index in [-0.39, 0.29) is 11.8 Å². The molecule has 0 aromatic heterocycles. The van der Waals surface area contributed by atoms with Gasteiger partial charge in [-0.05, 0) is 43.8 Å². The lowest BCUT2D eigenvalue weighted by Crippen LogP contribution is -2.49. The Morgan fingerprint density at radius 2 is 2.00 bits per heavy atom. The second kappa shape index (κ2) is 6.29. The van der Waals surface area contributed by atoms with E-state index in [2.05, 4.69) is 18.5 Å². The Kier molecular flexibility index (Phi) is 4.96. The van der Waals surface area contributed by atoms with Crippen LogP contribution in [0, 0.1) is 17.8 Å². The van der Waals surface area contributed by atoms with Crippen LogP contribution in [0.15, 0.2) is 0 Å². The van der Waals surface area contributed by atoms with E-state index < -0.39 is 0 Å². The molecule has 2 fully saturated rings. The molecule has 3 nitrogen and oxygen atoms in total. The summed E-state index contributed by atoms with van der Waals surface area (Å²) in [5.41, 5.74) is 6.26. The summed E-state index contributed by atoms with van der Waals surface area (Å²) in [7, 11) is 0. The van der Waals surface area contributed by atoms with Crippen LogP contribution in [-0.2, 0) is 4.79 Å². The number of hydrogen-bond donors (Lipinski definition) is 2. The molecule has 0 radical (unpaired) electrons. The number of fused-ring (bicyclic) bond motifs is 2. The van der Waals surface area contributed by atoms with Gasteiger partial charge in [0, 0.05) is 23.8 Å². The van der Waals surface area contributed by atoms with E-state index in [0.717, 1.165) is 19.4 Å². The maximum atomic E-state index is 12.2. The molecular weight excluding hydrogens is 244 g/mol. The van der Waals surface area contributed by atoms with Crippen molar-refractivity contribution in [2.45, 2.75) is 50.3 Å². The van der Waals surface area contributed by atoms with E-state index >= 15 is 0 Å². The molecule has 104 valence electrons. The summed E-state index contributed by atoms with van der Waals surface area (Å²) in [5.74, 6) is 1.66. The zero-order valence-electron chi connectivity index (χ0n) is 11.5. The summed E-state index contributed by atoms with van der Waals surface area (Å²) in [5, 5.41) is 3.61. The van der Waals surface area contributed by atoms with Crippen molar-refractivity contribution in [1.29, 1.82) is 0 Å². The lowest BCUT2D eigenvalue weighted by Gasteiger charge is -2.43. The lowest BCUT2D eigenvalue weighted by atomic mass is 9.65. The van der Waals surface area contributed by atoms with Gasteiger partial charge in [0.05, 0.1) is 0 Å². The Balaban J connectivity index is 1.84. The standard InChI is InChI=1S/C14H26N2OS/c1-9(18-2)8-16-14(17)12-6-10-4-3-5-11(7-12)13(10)15/h9-13H,3-8,15H2,1-2H3,(H,16,17). The highest BCUT2D eigenvalue weighted by atomic mass is 32.2. The molecule has 0 aliphatic heterocycles. The number of rotatable bonds is 4. The lowest BCUT2D eigenvalue weighted by molar-refractivity contribution is -0.127. The molecule has 0 saturated heterocycles. The number of nitrogens with two attached hydrogens (primary N) is 1. The van der Waals surface area contributed by atoms with Gasteiger partial charge < -0.3 is 11.1 Å². The number of carbonyl (C=O) groups is 1. The maximum Gasteiger partial charge on any atom is 0.223 e. The molecule has 3 unspecified atom stereocenters. The summed E-state index contributed by atoms with van der Waals surface area (Å²) in [6.07, 6.45) is 7.86. The van der Waals surface area contributed by atoms with Crippen molar-refractivity contribution in [3.8, 4) is 0 Å². The summed E-state index contributed by atoms with van der Waals surface area (Å²) in [6.45, 7) is 2.94. The molecule has 0 spiro atoms. The summed E-state index contributed by atoms with van der Waals surface area (Å²) >= 11 is 1.80. The summed E-state index contributed by atoms with van der Waals surface area (Å²) in [6, 6.07) is 0.355. The van der Waals surface area contributed by atoms with Gasteiger partial charge in [-0.15, -0.1) is 0 Å². The normalized spacial score (nSPS) is 37.1. The van der Waals surface area contributed by atoms with Crippen molar-refractivity contribution in [2.75, 3.05) is 12.8 Å². The van der Waals surface area contributed by atoms with Crippen LogP contribution >= 0.6 is 11.8 Å². The van der Waals surface area contributed by atoms with Gasteiger partial charge in [-0.2, -0.15) is 11.8 Å². The van der Waals surface area contributed by atoms with Crippen LogP contribution in [-0.4, -0.2) is 30.0 Å². The SMILES string of the molecule is CSC(C)CNC(=O)C1CC2CCCC(C1)C2N. The first-order chi connectivity index (χ1) is 8.61. The predicted octanol–water partition coefficient (Wildman–Crippen LogP) is 2.01. The van der Waals surface area contributed by atoms with Gasteiger partial charge in [-0.1, -0.05) is 13.3 Å². The first-order valence-corrected chi connectivity index (χ1v) is 8.46. The van der Waals surface area contributed by atoms with Gasteiger partial charge >= 0.3 is 0 Å². The van der Waals surface area contributed by atoms with Crippen LogP contribution in [0.3, 0.4) is 0 Å². The molecule has 2 saturated carbocycles. The maximum absolute atomic E-state index is 12.2. The van der Waals surface area contributed by atoms with Crippen molar-refractivity contribution >= 4 is 17.7 Å².